The van der Waals surface area contributed by atoms with Gasteiger partial charge in [0.1, 0.15) is 20.0 Å². The third-order valence-electron chi connectivity index (χ3n) is 0.862. The van der Waals surface area contributed by atoms with Gasteiger partial charge in [-0.1, -0.05) is 6.92 Å². The second-order valence-electron chi connectivity index (χ2n) is 2.40. The summed E-state index contributed by atoms with van der Waals surface area (Å²) in [5.41, 5.74) is 0. The summed E-state index contributed by atoms with van der Waals surface area (Å²) in [6, 6.07) is 0. The van der Waals surface area contributed by atoms with Gasteiger partial charge in [-0.3, -0.25) is 4.39 Å². The molecule has 0 nitrogen and oxygen atoms in total. The molecule has 0 radical (unpaired) electrons. The Bertz CT molecular complexity index is 140. The molecule has 0 saturated heterocycles. The summed E-state index contributed by atoms with van der Waals surface area (Å²) in [6.07, 6.45) is -9.87. The molecule has 0 aliphatic rings. The molecule has 0 aromatic rings. The Morgan fingerprint density at radius 3 is 1.00 bits per heavy atom. The Hall–Kier alpha value is -0.700. The van der Waals surface area contributed by atoms with Crippen LogP contribution in [0.15, 0.2) is 0 Å². The standard InChI is InChI=1S/C4H6F4.C2H4F2.CF4/c1-3(2-5)4(6,7)8;3-1-2-4;2-1(3,4)5/h3H,2H2,1H3;1-2H2;. The lowest BCUT2D eigenvalue weighted by atomic mass is 10.2. The largest absolute Gasteiger partial charge is 0.559 e. The van der Waals surface area contributed by atoms with E-state index in [9.17, 15) is 43.9 Å². The highest BCUT2D eigenvalue weighted by Crippen LogP contribution is 2.25. The first kappa shape index (κ1) is 21.6. The molecule has 0 aromatic heterocycles. The fraction of sp³-hybridized carbons (Fsp3) is 1.00. The summed E-state index contributed by atoms with van der Waals surface area (Å²) in [6.45, 7) is -2.22. The van der Waals surface area contributed by atoms with Gasteiger partial charge in [0.05, 0.1) is 5.92 Å². The van der Waals surface area contributed by atoms with Gasteiger partial charge in [0.15, 0.2) is 0 Å². The molecule has 10 heteroatoms. The van der Waals surface area contributed by atoms with Gasteiger partial charge in [-0.15, -0.1) is 17.6 Å². The van der Waals surface area contributed by atoms with Crippen LogP contribution in [0, 0.1) is 5.92 Å². The fourth-order valence-corrected chi connectivity index (χ4v) is 0.0875. The minimum Gasteiger partial charge on any atom is -0.250 e. The molecular weight excluding hydrogens is 274 g/mol. The van der Waals surface area contributed by atoms with Crippen LogP contribution in [0.25, 0.3) is 0 Å². The second-order valence-corrected chi connectivity index (χ2v) is 2.40. The Morgan fingerprint density at radius 1 is 0.765 bits per heavy atom. The second kappa shape index (κ2) is 10.5. The molecule has 0 aliphatic carbocycles. The van der Waals surface area contributed by atoms with Crippen molar-refractivity contribution >= 4 is 0 Å². The molecule has 0 N–H and O–H groups in total. The van der Waals surface area contributed by atoms with Gasteiger partial charge in [-0.05, 0) is 0 Å². The quantitative estimate of drug-likeness (QED) is 0.652. The zero-order valence-corrected chi connectivity index (χ0v) is 8.48. The molecule has 0 saturated carbocycles. The van der Waals surface area contributed by atoms with Crippen LogP contribution in [0.5, 0.6) is 0 Å². The van der Waals surface area contributed by atoms with E-state index in [0.29, 0.717) is 0 Å². The topological polar surface area (TPSA) is 0 Å². The van der Waals surface area contributed by atoms with Gasteiger partial charge in [-0.2, -0.15) is 13.2 Å². The van der Waals surface area contributed by atoms with Crippen LogP contribution >= 0.6 is 0 Å². The molecule has 0 spiro atoms. The number of alkyl halides is 10. The van der Waals surface area contributed by atoms with Crippen molar-refractivity contribution in [2.75, 3.05) is 20.0 Å². The highest BCUT2D eigenvalue weighted by atomic mass is 19.5. The average molecular weight is 284 g/mol. The first-order valence-electron chi connectivity index (χ1n) is 3.90. The monoisotopic (exact) mass is 284 g/mol. The predicted molar refractivity (Wildman–Crippen MR) is 40.3 cm³/mol. The molecule has 1 unspecified atom stereocenters. The van der Waals surface area contributed by atoms with Crippen LogP contribution in [-0.2, 0) is 0 Å². The summed E-state index contributed by atoms with van der Waals surface area (Å²) in [7, 11) is 0. The zero-order valence-electron chi connectivity index (χ0n) is 8.48. The van der Waals surface area contributed by atoms with Crippen LogP contribution in [0.2, 0.25) is 0 Å². The normalized spacial score (nSPS) is 12.9. The number of halogens is 10. The van der Waals surface area contributed by atoms with Gasteiger partial charge in [0.2, 0.25) is 0 Å². The smallest absolute Gasteiger partial charge is 0.250 e. The Labute approximate surface area is 90.6 Å². The van der Waals surface area contributed by atoms with Crippen molar-refractivity contribution in [1.29, 1.82) is 0 Å². The van der Waals surface area contributed by atoms with E-state index in [2.05, 4.69) is 0 Å². The van der Waals surface area contributed by atoms with Crippen molar-refractivity contribution in [3.05, 3.63) is 0 Å². The van der Waals surface area contributed by atoms with E-state index in [-0.39, 0.29) is 0 Å². The summed E-state index contributed by atoms with van der Waals surface area (Å²) < 4.78 is 104. The van der Waals surface area contributed by atoms with Crippen LogP contribution in [0.1, 0.15) is 6.92 Å². The SMILES string of the molecule is CC(CF)C(F)(F)F.FC(F)(F)F.FCCF. The van der Waals surface area contributed by atoms with E-state index in [1.54, 1.807) is 0 Å². The summed E-state index contributed by atoms with van der Waals surface area (Å²) >= 11 is 0. The first-order chi connectivity index (χ1) is 7.40. The highest BCUT2D eigenvalue weighted by molar-refractivity contribution is 4.58. The number of hydrogen-bond donors (Lipinski definition) is 0. The molecule has 0 amide bonds. The van der Waals surface area contributed by atoms with Crippen molar-refractivity contribution in [3.8, 4) is 0 Å². The molecular formula is C7H10F10. The Balaban J connectivity index is -0.000000188. The third-order valence-corrected chi connectivity index (χ3v) is 0.862. The zero-order chi connectivity index (χ0) is 14.7. The maximum atomic E-state index is 11.2. The van der Waals surface area contributed by atoms with E-state index in [4.69, 9.17) is 0 Å². The summed E-state index contributed by atoms with van der Waals surface area (Å²) in [5, 5.41) is 0. The molecule has 0 bridgehead atoms. The maximum absolute atomic E-state index is 11.2. The Morgan fingerprint density at radius 2 is 1.00 bits per heavy atom. The molecule has 108 valence electrons. The van der Waals surface area contributed by atoms with Crippen molar-refractivity contribution in [2.45, 2.75) is 19.5 Å². The van der Waals surface area contributed by atoms with E-state index in [1.807, 2.05) is 0 Å². The number of rotatable bonds is 2. The van der Waals surface area contributed by atoms with E-state index in [1.165, 1.54) is 0 Å². The van der Waals surface area contributed by atoms with E-state index < -0.39 is 38.5 Å². The van der Waals surface area contributed by atoms with Gasteiger partial charge in [-0.25, -0.2) is 8.78 Å². The number of hydrogen-bond acceptors (Lipinski definition) is 0. The van der Waals surface area contributed by atoms with Crippen LogP contribution in [-0.4, -0.2) is 32.6 Å². The van der Waals surface area contributed by atoms with Crippen molar-refractivity contribution in [3.63, 3.8) is 0 Å². The van der Waals surface area contributed by atoms with Crippen molar-refractivity contribution < 1.29 is 43.9 Å². The molecule has 0 fully saturated rings. The lowest BCUT2D eigenvalue weighted by Crippen LogP contribution is -2.21. The molecule has 0 aromatic carbocycles. The molecule has 0 rings (SSSR count). The van der Waals surface area contributed by atoms with Gasteiger partial charge in [0, 0.05) is 0 Å². The Kier molecular flexibility index (Phi) is 13.3. The average Bonchev–Trinajstić information content (AvgIpc) is 2.13. The predicted octanol–water partition coefficient (Wildman–Crippen LogP) is 4.56. The highest BCUT2D eigenvalue weighted by Gasteiger charge is 2.35. The first-order valence-corrected chi connectivity index (χ1v) is 3.90. The van der Waals surface area contributed by atoms with Gasteiger partial charge >= 0.3 is 12.6 Å². The lowest BCUT2D eigenvalue weighted by molar-refractivity contribution is -0.237. The molecule has 1 atom stereocenters. The van der Waals surface area contributed by atoms with Crippen LogP contribution in [0.4, 0.5) is 43.9 Å². The fourth-order valence-electron chi connectivity index (χ4n) is 0.0875. The summed E-state index contributed by atoms with van der Waals surface area (Å²) in [4.78, 5) is 0. The molecule has 17 heavy (non-hydrogen) atoms. The van der Waals surface area contributed by atoms with Crippen LogP contribution < -0.4 is 0 Å². The molecule has 0 aliphatic heterocycles. The lowest BCUT2D eigenvalue weighted by Gasteiger charge is -2.09. The van der Waals surface area contributed by atoms with Gasteiger partial charge < -0.3 is 0 Å². The third kappa shape index (κ3) is 39.3. The minimum absolute atomic E-state index is 0.806. The maximum Gasteiger partial charge on any atom is 0.559 e. The van der Waals surface area contributed by atoms with Crippen molar-refractivity contribution in [1.82, 2.24) is 0 Å². The minimum atomic E-state index is -5.50. The molecule has 0 heterocycles. The van der Waals surface area contributed by atoms with Gasteiger partial charge in [0.25, 0.3) is 0 Å². The van der Waals surface area contributed by atoms with Crippen molar-refractivity contribution in [2.24, 2.45) is 5.92 Å². The van der Waals surface area contributed by atoms with E-state index in [0.717, 1.165) is 6.92 Å². The van der Waals surface area contributed by atoms with Crippen LogP contribution in [0.3, 0.4) is 0 Å². The summed E-state index contributed by atoms with van der Waals surface area (Å²) in [5.74, 6) is -1.82. The van der Waals surface area contributed by atoms with E-state index >= 15 is 0 Å².